The third-order valence-electron chi connectivity index (χ3n) is 3.33. The molecular weight excluding hydrogens is 388 g/mol. The van der Waals surface area contributed by atoms with Crippen LogP contribution in [0.15, 0.2) is 53.3 Å². The first-order chi connectivity index (χ1) is 12.2. The zero-order chi connectivity index (χ0) is 17.9. The van der Waals surface area contributed by atoms with Crippen molar-refractivity contribution in [2.75, 3.05) is 44.5 Å². The van der Waals surface area contributed by atoms with E-state index < -0.39 is 0 Å². The van der Waals surface area contributed by atoms with Gasteiger partial charge in [-0.1, -0.05) is 18.2 Å². The van der Waals surface area contributed by atoms with Crippen molar-refractivity contribution in [1.82, 2.24) is 4.98 Å². The molecule has 0 atom stereocenters. The zero-order valence-corrected chi connectivity index (χ0v) is 15.4. The van der Waals surface area contributed by atoms with Crippen LogP contribution in [0.4, 0.5) is 5.69 Å². The van der Waals surface area contributed by atoms with Gasteiger partial charge in [0.2, 0.25) is 0 Å². The van der Waals surface area contributed by atoms with E-state index in [0.29, 0.717) is 38.5 Å². The Kier molecular flexibility index (Phi) is 8.54. The van der Waals surface area contributed by atoms with E-state index in [4.69, 9.17) is 14.6 Å². The lowest BCUT2D eigenvalue weighted by molar-refractivity contribution is 0.0349. The Bertz CT molecular complexity index is 655. The van der Waals surface area contributed by atoms with Gasteiger partial charge in [-0.05, 0) is 34.1 Å². The molecule has 1 aromatic heterocycles. The van der Waals surface area contributed by atoms with Crippen LogP contribution in [0.25, 0.3) is 0 Å². The number of aromatic nitrogens is 1. The number of para-hydroxylation sites is 1. The highest BCUT2D eigenvalue weighted by Crippen LogP contribution is 2.18. The maximum Gasteiger partial charge on any atom is 0.259 e. The molecule has 7 heteroatoms. The summed E-state index contributed by atoms with van der Waals surface area (Å²) in [6.07, 6.45) is 3.19. The molecule has 1 aromatic carbocycles. The van der Waals surface area contributed by atoms with E-state index >= 15 is 0 Å². The zero-order valence-electron chi connectivity index (χ0n) is 13.8. The second-order valence-electron chi connectivity index (χ2n) is 5.13. The number of amides is 1. The number of hydrogen-bond donors (Lipinski definition) is 1. The van der Waals surface area contributed by atoms with Crippen molar-refractivity contribution in [3.8, 4) is 0 Å². The first-order valence-electron chi connectivity index (χ1n) is 7.96. The number of ether oxygens (including phenoxy) is 2. The van der Waals surface area contributed by atoms with E-state index in [0.717, 1.165) is 10.2 Å². The van der Waals surface area contributed by atoms with Crippen LogP contribution in [0, 0.1) is 0 Å². The third kappa shape index (κ3) is 6.55. The summed E-state index contributed by atoms with van der Waals surface area (Å²) in [5, 5.41) is 8.64. The molecule has 0 aliphatic rings. The van der Waals surface area contributed by atoms with E-state index in [2.05, 4.69) is 20.9 Å². The number of benzene rings is 1. The molecule has 25 heavy (non-hydrogen) atoms. The molecule has 1 N–H and O–H groups in total. The molecule has 134 valence electrons. The van der Waals surface area contributed by atoms with Gasteiger partial charge in [0.1, 0.15) is 0 Å². The van der Waals surface area contributed by atoms with E-state index in [1.165, 1.54) is 0 Å². The highest BCUT2D eigenvalue weighted by Gasteiger charge is 2.18. The van der Waals surface area contributed by atoms with Crippen LogP contribution in [-0.2, 0) is 9.47 Å². The Hall–Kier alpha value is -1.80. The van der Waals surface area contributed by atoms with Gasteiger partial charge in [-0.15, -0.1) is 0 Å². The normalized spacial score (nSPS) is 10.6. The Balaban J connectivity index is 1.98. The second-order valence-corrected chi connectivity index (χ2v) is 6.05. The Morgan fingerprint density at radius 2 is 1.80 bits per heavy atom. The maximum atomic E-state index is 12.9. The SMILES string of the molecule is O=C(c1cncc(Br)c1)N(CCOCCOCCO)c1ccccc1. The molecule has 0 saturated heterocycles. The topological polar surface area (TPSA) is 71.9 Å². The van der Waals surface area contributed by atoms with Gasteiger partial charge in [-0.25, -0.2) is 0 Å². The number of pyridine rings is 1. The number of carbonyl (C=O) groups is 1. The predicted octanol–water partition coefficient (Wildman–Crippen LogP) is 2.52. The number of aliphatic hydroxyl groups is 1. The highest BCUT2D eigenvalue weighted by molar-refractivity contribution is 9.10. The summed E-state index contributed by atoms with van der Waals surface area (Å²) in [7, 11) is 0. The lowest BCUT2D eigenvalue weighted by Gasteiger charge is -2.23. The molecule has 0 spiro atoms. The molecule has 0 saturated carbocycles. The minimum atomic E-state index is -0.139. The molecule has 0 fully saturated rings. The van der Waals surface area contributed by atoms with E-state index in [9.17, 15) is 4.79 Å². The molecule has 1 heterocycles. The van der Waals surface area contributed by atoms with E-state index in [-0.39, 0.29) is 12.5 Å². The maximum absolute atomic E-state index is 12.9. The summed E-state index contributed by atoms with van der Waals surface area (Å²) in [5.41, 5.74) is 1.30. The van der Waals surface area contributed by atoms with Gasteiger partial charge in [-0.2, -0.15) is 0 Å². The van der Waals surface area contributed by atoms with Crippen molar-refractivity contribution >= 4 is 27.5 Å². The third-order valence-corrected chi connectivity index (χ3v) is 3.77. The van der Waals surface area contributed by atoms with Gasteiger partial charge in [0.15, 0.2) is 0 Å². The van der Waals surface area contributed by atoms with Gasteiger partial charge in [0.05, 0.1) is 38.6 Å². The lowest BCUT2D eigenvalue weighted by Crippen LogP contribution is -2.34. The molecule has 0 bridgehead atoms. The van der Waals surface area contributed by atoms with Gasteiger partial charge >= 0.3 is 0 Å². The Morgan fingerprint density at radius 3 is 2.48 bits per heavy atom. The van der Waals surface area contributed by atoms with Crippen LogP contribution in [-0.4, -0.2) is 55.6 Å². The highest BCUT2D eigenvalue weighted by atomic mass is 79.9. The molecule has 6 nitrogen and oxygen atoms in total. The van der Waals surface area contributed by atoms with Crippen molar-refractivity contribution in [3.05, 3.63) is 58.8 Å². The molecule has 0 aliphatic carbocycles. The van der Waals surface area contributed by atoms with E-state index in [1.54, 1.807) is 23.4 Å². The number of hydrogen-bond acceptors (Lipinski definition) is 5. The Morgan fingerprint density at radius 1 is 1.08 bits per heavy atom. The summed E-state index contributed by atoms with van der Waals surface area (Å²) < 4.78 is 11.4. The number of nitrogens with zero attached hydrogens (tertiary/aromatic N) is 2. The fourth-order valence-corrected chi connectivity index (χ4v) is 2.55. The van der Waals surface area contributed by atoms with Crippen LogP contribution in [0.1, 0.15) is 10.4 Å². The van der Waals surface area contributed by atoms with Gasteiger partial charge in [-0.3, -0.25) is 9.78 Å². The number of halogens is 1. The summed E-state index contributed by atoms with van der Waals surface area (Å²) in [6, 6.07) is 11.2. The monoisotopic (exact) mass is 408 g/mol. The number of anilines is 1. The average Bonchev–Trinajstić information content (AvgIpc) is 2.64. The van der Waals surface area contributed by atoms with Crippen molar-refractivity contribution in [2.24, 2.45) is 0 Å². The van der Waals surface area contributed by atoms with Crippen molar-refractivity contribution in [1.29, 1.82) is 0 Å². The van der Waals surface area contributed by atoms with Crippen LogP contribution < -0.4 is 4.90 Å². The minimum absolute atomic E-state index is 0.00302. The number of rotatable bonds is 10. The largest absolute Gasteiger partial charge is 0.394 e. The minimum Gasteiger partial charge on any atom is -0.394 e. The molecule has 1 amide bonds. The quantitative estimate of drug-likeness (QED) is 0.611. The fraction of sp³-hybridized carbons (Fsp3) is 0.333. The molecular formula is C18H21BrN2O4. The van der Waals surface area contributed by atoms with Gasteiger partial charge in [0, 0.05) is 29.1 Å². The molecule has 0 aliphatic heterocycles. The molecule has 2 rings (SSSR count). The Labute approximate surface area is 155 Å². The summed E-state index contributed by atoms with van der Waals surface area (Å²) in [6.45, 7) is 1.91. The second kappa shape index (κ2) is 10.9. The van der Waals surface area contributed by atoms with Crippen LogP contribution >= 0.6 is 15.9 Å². The lowest BCUT2D eigenvalue weighted by atomic mass is 10.2. The summed E-state index contributed by atoms with van der Waals surface area (Å²) in [5.74, 6) is -0.139. The fourth-order valence-electron chi connectivity index (χ4n) is 2.18. The predicted molar refractivity (Wildman–Crippen MR) is 98.8 cm³/mol. The molecule has 0 radical (unpaired) electrons. The van der Waals surface area contributed by atoms with Gasteiger partial charge < -0.3 is 19.5 Å². The van der Waals surface area contributed by atoms with Crippen LogP contribution in [0.2, 0.25) is 0 Å². The summed E-state index contributed by atoms with van der Waals surface area (Å²) in [4.78, 5) is 18.6. The van der Waals surface area contributed by atoms with Crippen LogP contribution in [0.3, 0.4) is 0 Å². The molecule has 2 aromatic rings. The number of aliphatic hydroxyl groups excluding tert-OH is 1. The molecule has 0 unspecified atom stereocenters. The van der Waals surface area contributed by atoms with Crippen molar-refractivity contribution in [3.63, 3.8) is 0 Å². The first-order valence-corrected chi connectivity index (χ1v) is 8.75. The van der Waals surface area contributed by atoms with Gasteiger partial charge in [0.25, 0.3) is 5.91 Å². The first kappa shape index (κ1) is 19.5. The van der Waals surface area contributed by atoms with Crippen LogP contribution in [0.5, 0.6) is 0 Å². The standard InChI is InChI=1S/C18H21BrN2O4/c19-16-12-15(13-20-14-16)18(23)21(17-4-2-1-3-5-17)6-8-24-10-11-25-9-7-22/h1-5,12-14,22H,6-11H2. The van der Waals surface area contributed by atoms with Crippen molar-refractivity contribution in [2.45, 2.75) is 0 Å². The van der Waals surface area contributed by atoms with Crippen molar-refractivity contribution < 1.29 is 19.4 Å². The summed E-state index contributed by atoms with van der Waals surface area (Å²) >= 11 is 3.34. The number of carbonyl (C=O) groups excluding carboxylic acids is 1. The average molecular weight is 409 g/mol. The smallest absolute Gasteiger partial charge is 0.259 e. The van der Waals surface area contributed by atoms with E-state index in [1.807, 2.05) is 30.3 Å².